The van der Waals surface area contributed by atoms with Crippen LogP contribution in [0.2, 0.25) is 0 Å². The molecule has 2 amide bonds. The number of aromatic nitrogens is 5. The van der Waals surface area contributed by atoms with Gasteiger partial charge in [0.1, 0.15) is 11.9 Å². The quantitative estimate of drug-likeness (QED) is 0.671. The highest BCUT2D eigenvalue weighted by Crippen LogP contribution is 2.45. The summed E-state index contributed by atoms with van der Waals surface area (Å²) in [4.78, 5) is 31.0. The Morgan fingerprint density at radius 1 is 1.22 bits per heavy atom. The van der Waals surface area contributed by atoms with Gasteiger partial charge in [0.15, 0.2) is 5.82 Å². The van der Waals surface area contributed by atoms with Crippen LogP contribution in [0.5, 0.6) is 0 Å². The van der Waals surface area contributed by atoms with E-state index < -0.39 is 36.2 Å². The number of benzene rings is 1. The molecule has 0 fully saturated rings. The summed E-state index contributed by atoms with van der Waals surface area (Å²) >= 11 is 0. The van der Waals surface area contributed by atoms with Gasteiger partial charge in [-0.15, -0.1) is 5.10 Å². The van der Waals surface area contributed by atoms with Gasteiger partial charge in [0.25, 0.3) is 11.8 Å². The zero-order chi connectivity index (χ0) is 22.6. The van der Waals surface area contributed by atoms with E-state index in [9.17, 15) is 18.4 Å². The minimum atomic E-state index is -3.21. The predicted octanol–water partition coefficient (Wildman–Crippen LogP) is 2.03. The molecule has 32 heavy (non-hydrogen) atoms. The Bertz CT molecular complexity index is 1200. The summed E-state index contributed by atoms with van der Waals surface area (Å²) in [7, 11) is 1.61. The number of fused-ring (bicyclic) bond motifs is 2. The summed E-state index contributed by atoms with van der Waals surface area (Å²) in [5, 5.41) is 11.1. The van der Waals surface area contributed by atoms with Gasteiger partial charge in [0, 0.05) is 26.1 Å². The lowest BCUT2D eigenvalue weighted by molar-refractivity contribution is -0.120. The molecule has 11 heteroatoms. The molecule has 0 bridgehead atoms. The molecule has 2 atom stereocenters. The highest BCUT2D eigenvalue weighted by molar-refractivity contribution is 6.00. The molecule has 0 saturated heterocycles. The topological polar surface area (TPSA) is 97.9 Å². The molecule has 2 aromatic heterocycles. The molecule has 166 valence electrons. The van der Waals surface area contributed by atoms with E-state index in [-0.39, 0.29) is 11.7 Å². The summed E-state index contributed by atoms with van der Waals surface area (Å²) < 4.78 is 32.0. The Kier molecular flexibility index (Phi) is 4.57. The molecule has 1 aromatic carbocycles. The number of aryl methyl sites for hydroxylation is 2. The molecular weight excluding hydrogens is 420 g/mol. The number of likely N-dealkylation sites (N-methyl/N-ethyl adjacent to an activating group) is 1. The third kappa shape index (κ3) is 3.24. The fourth-order valence-corrected chi connectivity index (χ4v) is 4.29. The number of hydrogen-bond acceptors (Lipinski definition) is 5. The normalized spacial score (nSPS) is 21.8. The molecule has 4 heterocycles. The lowest BCUT2D eigenvalue weighted by atomic mass is 10.0. The Morgan fingerprint density at radius 2 is 1.97 bits per heavy atom. The molecule has 2 aliphatic heterocycles. The lowest BCUT2D eigenvalue weighted by Crippen LogP contribution is -2.47. The van der Waals surface area contributed by atoms with Crippen LogP contribution in [0.25, 0.3) is 0 Å². The largest absolute Gasteiger partial charge is 0.337 e. The highest BCUT2D eigenvalue weighted by Gasteiger charge is 2.49. The van der Waals surface area contributed by atoms with Crippen LogP contribution >= 0.6 is 0 Å². The van der Waals surface area contributed by atoms with Gasteiger partial charge in [-0.2, -0.15) is 13.9 Å². The fourth-order valence-electron chi connectivity index (χ4n) is 4.29. The minimum absolute atomic E-state index is 0.305. The number of alkyl halides is 2. The number of nitrogens with one attached hydrogen (secondary N) is 1. The molecule has 0 saturated carbocycles. The van der Waals surface area contributed by atoms with Crippen molar-refractivity contribution in [1.82, 2.24) is 29.9 Å². The van der Waals surface area contributed by atoms with E-state index in [1.807, 2.05) is 6.92 Å². The van der Waals surface area contributed by atoms with E-state index >= 15 is 0 Å². The second-order valence-corrected chi connectivity index (χ2v) is 8.12. The first-order valence-electron chi connectivity index (χ1n) is 10.3. The van der Waals surface area contributed by atoms with Gasteiger partial charge in [-0.1, -0.05) is 30.3 Å². The van der Waals surface area contributed by atoms with Crippen molar-refractivity contribution in [1.29, 1.82) is 0 Å². The van der Waals surface area contributed by atoms with Crippen molar-refractivity contribution in [2.24, 2.45) is 0 Å². The van der Waals surface area contributed by atoms with Crippen LogP contribution in [-0.4, -0.2) is 49.4 Å². The Morgan fingerprint density at radius 3 is 2.72 bits per heavy atom. The van der Waals surface area contributed by atoms with Crippen LogP contribution in [0, 0.1) is 6.92 Å². The van der Waals surface area contributed by atoms with Crippen molar-refractivity contribution in [3.8, 4) is 0 Å². The third-order valence-corrected chi connectivity index (χ3v) is 5.88. The van der Waals surface area contributed by atoms with Crippen molar-refractivity contribution in [3.63, 3.8) is 0 Å². The van der Waals surface area contributed by atoms with Gasteiger partial charge in [-0.3, -0.25) is 14.5 Å². The molecule has 2 aliphatic rings. The van der Waals surface area contributed by atoms with Gasteiger partial charge in [0.05, 0.1) is 11.7 Å². The van der Waals surface area contributed by atoms with E-state index in [0.717, 1.165) is 10.4 Å². The monoisotopic (exact) mass is 441 g/mol. The van der Waals surface area contributed by atoms with Crippen LogP contribution in [-0.2, 0) is 17.3 Å². The molecule has 0 radical (unpaired) electrons. The maximum Gasteiger partial charge on any atom is 0.308 e. The summed E-state index contributed by atoms with van der Waals surface area (Å²) in [6.45, 7) is 2.26. The number of carbonyl (C=O) groups is 2. The second kappa shape index (κ2) is 7.21. The molecular formula is C21H21F2N7O2. The Balaban J connectivity index is 1.38. The summed E-state index contributed by atoms with van der Waals surface area (Å²) in [5.41, 5.74) is 1.45. The molecule has 1 unspecified atom stereocenters. The second-order valence-electron chi connectivity index (χ2n) is 8.12. The maximum absolute atomic E-state index is 14.6. The zero-order valence-electron chi connectivity index (χ0n) is 17.5. The SMILES string of the molecule is Cc1cc2n(n1)CCC(NC(=O)c1nc3n(n1)[C@@H](c1ccccc1)CC3(F)F)C(=O)N2C. The molecule has 9 nitrogen and oxygen atoms in total. The summed E-state index contributed by atoms with van der Waals surface area (Å²) in [5.74, 6) is -4.59. The summed E-state index contributed by atoms with van der Waals surface area (Å²) in [6.07, 6.45) is -0.162. The average Bonchev–Trinajstić information content (AvgIpc) is 3.42. The van der Waals surface area contributed by atoms with Gasteiger partial charge in [-0.25, -0.2) is 14.3 Å². The smallest absolute Gasteiger partial charge is 0.308 e. The van der Waals surface area contributed by atoms with Crippen molar-refractivity contribution >= 4 is 17.6 Å². The number of anilines is 1. The van der Waals surface area contributed by atoms with Crippen LogP contribution in [0.15, 0.2) is 36.4 Å². The van der Waals surface area contributed by atoms with Crippen LogP contribution < -0.4 is 10.2 Å². The predicted molar refractivity (Wildman–Crippen MR) is 109 cm³/mol. The van der Waals surface area contributed by atoms with Gasteiger partial charge in [-0.05, 0) is 18.9 Å². The van der Waals surface area contributed by atoms with Crippen LogP contribution in [0.1, 0.15) is 46.6 Å². The number of rotatable bonds is 3. The highest BCUT2D eigenvalue weighted by atomic mass is 19.3. The molecule has 3 aromatic rings. The number of halogens is 2. The first-order chi connectivity index (χ1) is 15.2. The molecule has 0 spiro atoms. The fraction of sp³-hybridized carbons (Fsp3) is 0.381. The maximum atomic E-state index is 14.6. The van der Waals surface area contributed by atoms with Gasteiger partial charge >= 0.3 is 5.92 Å². The van der Waals surface area contributed by atoms with Crippen molar-refractivity contribution in [3.05, 3.63) is 59.3 Å². The number of amides is 2. The Labute approximate surface area is 182 Å². The first kappa shape index (κ1) is 20.3. The van der Waals surface area contributed by atoms with E-state index in [1.165, 1.54) is 4.90 Å². The average molecular weight is 441 g/mol. The van der Waals surface area contributed by atoms with Crippen molar-refractivity contribution in [2.45, 2.75) is 44.3 Å². The van der Waals surface area contributed by atoms with Crippen molar-refractivity contribution < 1.29 is 18.4 Å². The lowest BCUT2D eigenvalue weighted by Gasteiger charge is -2.20. The molecule has 0 aliphatic carbocycles. The molecule has 1 N–H and O–H groups in total. The number of nitrogens with zero attached hydrogens (tertiary/aromatic N) is 6. The van der Waals surface area contributed by atoms with E-state index in [1.54, 1.807) is 48.1 Å². The van der Waals surface area contributed by atoms with Gasteiger partial charge < -0.3 is 5.32 Å². The van der Waals surface area contributed by atoms with Crippen molar-refractivity contribution in [2.75, 3.05) is 11.9 Å². The van der Waals surface area contributed by atoms with E-state index in [2.05, 4.69) is 20.5 Å². The number of hydrogen-bond donors (Lipinski definition) is 1. The first-order valence-corrected chi connectivity index (χ1v) is 10.3. The van der Waals surface area contributed by atoms with E-state index in [0.29, 0.717) is 24.3 Å². The Hall–Kier alpha value is -3.63. The van der Waals surface area contributed by atoms with Gasteiger partial charge in [0.2, 0.25) is 5.82 Å². The molecule has 5 rings (SSSR count). The summed E-state index contributed by atoms with van der Waals surface area (Å²) in [6, 6.07) is 9.01. The standard InChI is InChI=1S/C21H21F2N7O2/c1-12-10-16-28(2)19(32)14(8-9-29(16)26-12)24-18(31)17-25-20-21(22,23)11-15(30(20)27-17)13-6-4-3-5-7-13/h3-7,10,14-15H,8-9,11H2,1-2H3,(H,24,31)/t14?,15-/m1/s1. The van der Waals surface area contributed by atoms with Crippen LogP contribution in [0.3, 0.4) is 0 Å². The minimum Gasteiger partial charge on any atom is -0.337 e. The third-order valence-electron chi connectivity index (χ3n) is 5.88. The van der Waals surface area contributed by atoms with Crippen LogP contribution in [0.4, 0.5) is 14.6 Å². The zero-order valence-corrected chi connectivity index (χ0v) is 17.5. The van der Waals surface area contributed by atoms with E-state index in [4.69, 9.17) is 0 Å². The number of carbonyl (C=O) groups excluding carboxylic acids is 2.